The first-order valence-corrected chi connectivity index (χ1v) is 8.38. The molecule has 3 aromatic rings. The SMILES string of the molecule is COc1ccc(/C=C/C(=O)NCc2cc(-c3ccccc3)on2)cc1OC. The standard InChI is InChI=1S/C21H20N2O4/c1-25-18-10-8-15(12-20(18)26-2)9-11-21(24)22-14-17-13-19(27-23-17)16-6-4-3-5-7-16/h3-13H,14H2,1-2H3,(H,22,24)/b11-9+. The normalized spacial score (nSPS) is 10.7. The van der Waals surface area contributed by atoms with Gasteiger partial charge >= 0.3 is 0 Å². The highest BCUT2D eigenvalue weighted by molar-refractivity contribution is 5.91. The van der Waals surface area contributed by atoms with Crippen molar-refractivity contribution in [1.29, 1.82) is 0 Å². The van der Waals surface area contributed by atoms with Crippen molar-refractivity contribution >= 4 is 12.0 Å². The van der Waals surface area contributed by atoms with Gasteiger partial charge in [-0.15, -0.1) is 0 Å². The fourth-order valence-electron chi connectivity index (χ4n) is 2.50. The molecule has 0 radical (unpaired) electrons. The highest BCUT2D eigenvalue weighted by Crippen LogP contribution is 2.28. The minimum atomic E-state index is -0.228. The van der Waals surface area contributed by atoms with E-state index < -0.39 is 0 Å². The van der Waals surface area contributed by atoms with E-state index in [2.05, 4.69) is 10.5 Å². The Morgan fingerprint density at radius 1 is 1.07 bits per heavy atom. The van der Waals surface area contributed by atoms with Gasteiger partial charge < -0.3 is 19.3 Å². The Bertz CT molecular complexity index is 932. The van der Waals surface area contributed by atoms with Gasteiger partial charge in [0, 0.05) is 17.7 Å². The van der Waals surface area contributed by atoms with Crippen LogP contribution in [0.15, 0.2) is 65.2 Å². The van der Waals surface area contributed by atoms with Crippen LogP contribution in [0, 0.1) is 0 Å². The molecule has 0 saturated heterocycles. The molecule has 0 aliphatic carbocycles. The Kier molecular flexibility index (Phi) is 5.89. The van der Waals surface area contributed by atoms with Crippen LogP contribution in [0.5, 0.6) is 11.5 Å². The number of rotatable bonds is 7. The molecule has 3 rings (SSSR count). The predicted molar refractivity (Wildman–Crippen MR) is 102 cm³/mol. The molecule has 1 N–H and O–H groups in total. The summed E-state index contributed by atoms with van der Waals surface area (Å²) in [7, 11) is 3.15. The van der Waals surface area contributed by atoms with Gasteiger partial charge in [-0.05, 0) is 23.8 Å². The van der Waals surface area contributed by atoms with Gasteiger partial charge in [0.05, 0.1) is 20.8 Å². The molecule has 6 nitrogen and oxygen atoms in total. The van der Waals surface area contributed by atoms with Crippen LogP contribution < -0.4 is 14.8 Å². The lowest BCUT2D eigenvalue weighted by Gasteiger charge is -2.07. The smallest absolute Gasteiger partial charge is 0.244 e. The number of aromatic nitrogens is 1. The maximum absolute atomic E-state index is 12.0. The summed E-state index contributed by atoms with van der Waals surface area (Å²) < 4.78 is 15.8. The molecule has 0 fully saturated rings. The Morgan fingerprint density at radius 2 is 1.85 bits per heavy atom. The minimum Gasteiger partial charge on any atom is -0.493 e. The monoisotopic (exact) mass is 364 g/mol. The zero-order chi connectivity index (χ0) is 19.1. The van der Waals surface area contributed by atoms with Crippen LogP contribution in [-0.4, -0.2) is 25.3 Å². The number of ether oxygens (including phenoxy) is 2. The van der Waals surface area contributed by atoms with Gasteiger partial charge in [0.15, 0.2) is 17.3 Å². The molecule has 1 aromatic heterocycles. The summed E-state index contributed by atoms with van der Waals surface area (Å²) in [6, 6.07) is 16.9. The Balaban J connectivity index is 1.57. The second-order valence-corrected chi connectivity index (χ2v) is 5.71. The minimum absolute atomic E-state index is 0.228. The molecule has 0 spiro atoms. The van der Waals surface area contributed by atoms with Crippen molar-refractivity contribution in [2.45, 2.75) is 6.54 Å². The fourth-order valence-corrected chi connectivity index (χ4v) is 2.50. The largest absolute Gasteiger partial charge is 0.493 e. The number of benzene rings is 2. The highest BCUT2D eigenvalue weighted by Gasteiger charge is 2.07. The van der Waals surface area contributed by atoms with Crippen LogP contribution in [0.1, 0.15) is 11.3 Å². The third-order valence-corrected chi connectivity index (χ3v) is 3.90. The first-order chi connectivity index (χ1) is 13.2. The van der Waals surface area contributed by atoms with Crippen LogP contribution in [0.4, 0.5) is 0 Å². The second kappa shape index (κ2) is 8.71. The number of carbonyl (C=O) groups is 1. The van der Waals surface area contributed by atoms with Gasteiger partial charge in [0.1, 0.15) is 5.69 Å². The maximum atomic E-state index is 12.0. The summed E-state index contributed by atoms with van der Waals surface area (Å²) in [5.41, 5.74) is 2.42. The van der Waals surface area contributed by atoms with E-state index in [4.69, 9.17) is 14.0 Å². The summed E-state index contributed by atoms with van der Waals surface area (Å²) in [5.74, 6) is 1.69. The van der Waals surface area contributed by atoms with Gasteiger partial charge in [-0.1, -0.05) is 41.6 Å². The molecule has 0 unspecified atom stereocenters. The van der Waals surface area contributed by atoms with E-state index >= 15 is 0 Å². The van der Waals surface area contributed by atoms with E-state index in [0.717, 1.165) is 11.1 Å². The molecule has 1 amide bonds. The first-order valence-electron chi connectivity index (χ1n) is 8.38. The highest BCUT2D eigenvalue weighted by atomic mass is 16.5. The van der Waals surface area contributed by atoms with E-state index in [1.807, 2.05) is 42.5 Å². The predicted octanol–water partition coefficient (Wildman–Crippen LogP) is 3.69. The lowest BCUT2D eigenvalue weighted by atomic mass is 10.1. The van der Waals surface area contributed by atoms with Gasteiger partial charge in [-0.3, -0.25) is 4.79 Å². The number of nitrogens with one attached hydrogen (secondary N) is 1. The number of methoxy groups -OCH3 is 2. The van der Waals surface area contributed by atoms with Crippen molar-refractivity contribution in [2.24, 2.45) is 0 Å². The Morgan fingerprint density at radius 3 is 2.59 bits per heavy atom. The zero-order valence-electron chi connectivity index (χ0n) is 15.1. The lowest BCUT2D eigenvalue weighted by molar-refractivity contribution is -0.116. The average molecular weight is 364 g/mol. The van der Waals surface area contributed by atoms with E-state index in [1.165, 1.54) is 6.08 Å². The quantitative estimate of drug-likeness (QED) is 0.647. The summed E-state index contributed by atoms with van der Waals surface area (Å²) >= 11 is 0. The molecule has 27 heavy (non-hydrogen) atoms. The van der Waals surface area contributed by atoms with Crippen LogP contribution in [0.25, 0.3) is 17.4 Å². The second-order valence-electron chi connectivity index (χ2n) is 5.71. The summed E-state index contributed by atoms with van der Waals surface area (Å²) in [6.45, 7) is 0.283. The van der Waals surface area contributed by atoms with Gasteiger partial charge in [0.2, 0.25) is 5.91 Å². The molecule has 138 valence electrons. The molecule has 0 bridgehead atoms. The summed E-state index contributed by atoms with van der Waals surface area (Å²) in [5, 5.41) is 6.76. The summed E-state index contributed by atoms with van der Waals surface area (Å²) in [4.78, 5) is 12.0. The van der Waals surface area contributed by atoms with Crippen molar-refractivity contribution in [2.75, 3.05) is 14.2 Å². The molecule has 1 heterocycles. The third-order valence-electron chi connectivity index (χ3n) is 3.90. The first kappa shape index (κ1) is 18.3. The number of nitrogens with zero attached hydrogens (tertiary/aromatic N) is 1. The Hall–Kier alpha value is -3.54. The van der Waals surface area contributed by atoms with E-state index in [-0.39, 0.29) is 12.5 Å². The van der Waals surface area contributed by atoms with Crippen molar-refractivity contribution in [3.63, 3.8) is 0 Å². The van der Waals surface area contributed by atoms with E-state index in [9.17, 15) is 4.79 Å². The molecule has 6 heteroatoms. The van der Waals surface area contributed by atoms with Crippen molar-refractivity contribution in [3.05, 3.63) is 71.9 Å². The third kappa shape index (κ3) is 4.76. The fraction of sp³-hybridized carbons (Fsp3) is 0.143. The van der Waals surface area contributed by atoms with E-state index in [1.54, 1.807) is 32.4 Å². The number of hydrogen-bond donors (Lipinski definition) is 1. The molecule has 0 aliphatic rings. The van der Waals surface area contributed by atoms with Gasteiger partial charge in [0.25, 0.3) is 0 Å². The molecular formula is C21H20N2O4. The Labute approximate surface area is 157 Å². The summed E-state index contributed by atoms with van der Waals surface area (Å²) in [6.07, 6.45) is 3.16. The molecule has 2 aromatic carbocycles. The van der Waals surface area contributed by atoms with Crippen LogP contribution in [-0.2, 0) is 11.3 Å². The number of carbonyl (C=O) groups excluding carboxylic acids is 1. The molecule has 0 aliphatic heterocycles. The number of amides is 1. The van der Waals surface area contributed by atoms with Crippen LogP contribution >= 0.6 is 0 Å². The average Bonchev–Trinajstić information content (AvgIpc) is 3.20. The zero-order valence-corrected chi connectivity index (χ0v) is 15.1. The molecular weight excluding hydrogens is 344 g/mol. The van der Waals surface area contributed by atoms with Crippen LogP contribution in [0.2, 0.25) is 0 Å². The van der Waals surface area contributed by atoms with Crippen molar-refractivity contribution < 1.29 is 18.8 Å². The molecule has 0 atom stereocenters. The van der Waals surface area contributed by atoms with Crippen molar-refractivity contribution in [1.82, 2.24) is 10.5 Å². The molecule has 0 saturated carbocycles. The van der Waals surface area contributed by atoms with Gasteiger partial charge in [-0.25, -0.2) is 0 Å². The van der Waals surface area contributed by atoms with Crippen molar-refractivity contribution in [3.8, 4) is 22.8 Å². The number of hydrogen-bond acceptors (Lipinski definition) is 5. The topological polar surface area (TPSA) is 73.6 Å². The lowest BCUT2D eigenvalue weighted by Crippen LogP contribution is -2.20. The van der Waals surface area contributed by atoms with E-state index in [0.29, 0.717) is 23.0 Å². The maximum Gasteiger partial charge on any atom is 0.244 e. The van der Waals surface area contributed by atoms with Gasteiger partial charge in [-0.2, -0.15) is 0 Å². The van der Waals surface area contributed by atoms with Crippen LogP contribution in [0.3, 0.4) is 0 Å².